The number of nitrogens with two attached hydrogens (primary N) is 1. The summed E-state index contributed by atoms with van der Waals surface area (Å²) in [6, 6.07) is 8.26. The van der Waals surface area contributed by atoms with Crippen molar-refractivity contribution < 1.29 is 9.59 Å². The molecule has 5 nitrogen and oxygen atoms in total. The van der Waals surface area contributed by atoms with Crippen LogP contribution < -0.4 is 11.1 Å². The Balaban J connectivity index is 2.19. The van der Waals surface area contributed by atoms with E-state index in [1.165, 1.54) is 0 Å². The van der Waals surface area contributed by atoms with E-state index < -0.39 is 11.9 Å². The van der Waals surface area contributed by atoms with Gasteiger partial charge < -0.3 is 11.1 Å². The average Bonchev–Trinajstić information content (AvgIpc) is 2.53. The highest BCUT2D eigenvalue weighted by Crippen LogP contribution is 2.16. The van der Waals surface area contributed by atoms with Crippen molar-refractivity contribution in [1.29, 1.82) is 0 Å². The van der Waals surface area contributed by atoms with Crippen LogP contribution in [0.15, 0.2) is 36.5 Å². The Labute approximate surface area is 128 Å². The summed E-state index contributed by atoms with van der Waals surface area (Å²) < 4.78 is 0. The van der Waals surface area contributed by atoms with E-state index in [1.54, 1.807) is 24.4 Å². The molecule has 22 heavy (non-hydrogen) atoms. The molecule has 5 heteroatoms. The molecule has 0 saturated carbocycles. The summed E-state index contributed by atoms with van der Waals surface area (Å²) in [6.07, 6.45) is 8.39. The molecule has 112 valence electrons. The van der Waals surface area contributed by atoms with Crippen LogP contribution in [0.3, 0.4) is 0 Å². The number of benzene rings is 1. The van der Waals surface area contributed by atoms with E-state index >= 15 is 0 Å². The van der Waals surface area contributed by atoms with Crippen LogP contribution in [-0.2, 0) is 4.79 Å². The zero-order valence-electron chi connectivity index (χ0n) is 12.1. The molecule has 2 amide bonds. The molecule has 0 spiro atoms. The summed E-state index contributed by atoms with van der Waals surface area (Å²) >= 11 is 0. The van der Waals surface area contributed by atoms with E-state index in [9.17, 15) is 9.59 Å². The number of fused-ring (bicyclic) bond motifs is 1. The second-order valence-electron chi connectivity index (χ2n) is 4.91. The first-order chi connectivity index (χ1) is 10.6. The number of hydrogen-bond acceptors (Lipinski definition) is 3. The number of unbranched alkanes of at least 4 members (excludes halogenated alkanes) is 1. The summed E-state index contributed by atoms with van der Waals surface area (Å²) in [5, 5.41) is 3.52. The molecule has 0 fully saturated rings. The minimum atomic E-state index is -0.736. The van der Waals surface area contributed by atoms with Gasteiger partial charge in [0.15, 0.2) is 0 Å². The fourth-order valence-corrected chi connectivity index (χ4v) is 2.22. The topological polar surface area (TPSA) is 85.1 Å². The molecule has 0 saturated heterocycles. The molecule has 0 aliphatic heterocycles. The number of hydrogen-bond donors (Lipinski definition) is 2. The Bertz CT molecular complexity index is 729. The summed E-state index contributed by atoms with van der Waals surface area (Å²) in [4.78, 5) is 28.1. The third-order valence-corrected chi connectivity index (χ3v) is 3.34. The van der Waals surface area contributed by atoms with E-state index in [-0.39, 0.29) is 5.91 Å². The Kier molecular flexibility index (Phi) is 5.10. The number of terminal acetylenes is 1. The van der Waals surface area contributed by atoms with Gasteiger partial charge in [-0.1, -0.05) is 18.2 Å². The highest BCUT2D eigenvalue weighted by atomic mass is 16.2. The van der Waals surface area contributed by atoms with Crippen molar-refractivity contribution in [3.05, 3.63) is 42.1 Å². The van der Waals surface area contributed by atoms with Crippen LogP contribution in [0.25, 0.3) is 10.9 Å². The van der Waals surface area contributed by atoms with Gasteiger partial charge in [0, 0.05) is 18.0 Å². The molecule has 3 N–H and O–H groups in total. The third kappa shape index (κ3) is 3.61. The molecule has 0 aliphatic rings. The summed E-state index contributed by atoms with van der Waals surface area (Å²) in [5.74, 6) is 1.56. The van der Waals surface area contributed by atoms with Crippen molar-refractivity contribution >= 4 is 22.7 Å². The van der Waals surface area contributed by atoms with Crippen LogP contribution in [0.2, 0.25) is 0 Å². The van der Waals surface area contributed by atoms with Crippen molar-refractivity contribution in [1.82, 2.24) is 10.3 Å². The normalized spacial score (nSPS) is 11.6. The van der Waals surface area contributed by atoms with E-state index in [0.717, 1.165) is 5.39 Å². The van der Waals surface area contributed by atoms with E-state index in [2.05, 4.69) is 16.2 Å². The lowest BCUT2D eigenvalue weighted by atomic mass is 10.1. The SMILES string of the molecule is C#CCCC[C@@H](NC(=O)c1cccc2cccnc12)C(N)=O. The van der Waals surface area contributed by atoms with Gasteiger partial charge >= 0.3 is 0 Å². The quantitative estimate of drug-likeness (QED) is 0.627. The van der Waals surface area contributed by atoms with E-state index in [0.29, 0.717) is 30.3 Å². The maximum Gasteiger partial charge on any atom is 0.254 e. The van der Waals surface area contributed by atoms with Gasteiger partial charge in [-0.15, -0.1) is 12.3 Å². The number of amides is 2. The number of pyridine rings is 1. The average molecular weight is 295 g/mol. The number of carbonyl (C=O) groups excluding carboxylic acids is 2. The zero-order chi connectivity index (χ0) is 15.9. The van der Waals surface area contributed by atoms with Crippen molar-refractivity contribution in [2.45, 2.75) is 25.3 Å². The first-order valence-electron chi connectivity index (χ1n) is 7.01. The monoisotopic (exact) mass is 295 g/mol. The number of nitrogens with one attached hydrogen (secondary N) is 1. The van der Waals surface area contributed by atoms with Crippen LogP contribution in [0.1, 0.15) is 29.6 Å². The lowest BCUT2D eigenvalue weighted by Crippen LogP contribution is -2.44. The predicted octanol–water partition coefficient (Wildman–Crippen LogP) is 1.62. The molecule has 1 heterocycles. The van der Waals surface area contributed by atoms with Gasteiger partial charge in [0.2, 0.25) is 5.91 Å². The van der Waals surface area contributed by atoms with Gasteiger partial charge in [-0.05, 0) is 25.0 Å². The van der Waals surface area contributed by atoms with Crippen LogP contribution in [0.4, 0.5) is 0 Å². The van der Waals surface area contributed by atoms with Crippen LogP contribution in [0.5, 0.6) is 0 Å². The fourth-order valence-electron chi connectivity index (χ4n) is 2.22. The predicted molar refractivity (Wildman–Crippen MR) is 84.9 cm³/mol. The molecular formula is C17H17N3O2. The van der Waals surface area contributed by atoms with Gasteiger partial charge in [-0.3, -0.25) is 14.6 Å². The minimum Gasteiger partial charge on any atom is -0.368 e. The first kappa shape index (κ1) is 15.5. The lowest BCUT2D eigenvalue weighted by Gasteiger charge is -2.15. The summed E-state index contributed by atoms with van der Waals surface area (Å²) in [7, 11) is 0. The number of carbonyl (C=O) groups is 2. The summed E-state index contributed by atoms with van der Waals surface area (Å²) in [6.45, 7) is 0. The lowest BCUT2D eigenvalue weighted by molar-refractivity contribution is -0.120. The van der Waals surface area contributed by atoms with Gasteiger partial charge in [0.05, 0.1) is 11.1 Å². The molecule has 2 aromatic rings. The zero-order valence-corrected chi connectivity index (χ0v) is 12.1. The number of para-hydroxylation sites is 1. The Hall–Kier alpha value is -2.87. The third-order valence-electron chi connectivity index (χ3n) is 3.34. The maximum atomic E-state index is 12.4. The number of rotatable bonds is 6. The molecular weight excluding hydrogens is 278 g/mol. The molecule has 0 unspecified atom stereocenters. The molecule has 1 atom stereocenters. The first-order valence-corrected chi connectivity index (χ1v) is 7.01. The minimum absolute atomic E-state index is 0.367. The van der Waals surface area contributed by atoms with Crippen LogP contribution >= 0.6 is 0 Å². The van der Waals surface area contributed by atoms with Crippen LogP contribution in [0, 0.1) is 12.3 Å². The van der Waals surface area contributed by atoms with Gasteiger partial charge in [0.25, 0.3) is 5.91 Å². The van der Waals surface area contributed by atoms with Crippen molar-refractivity contribution in [3.8, 4) is 12.3 Å². The summed E-state index contributed by atoms with van der Waals surface area (Å²) in [5.41, 5.74) is 6.35. The largest absolute Gasteiger partial charge is 0.368 e. The standard InChI is InChI=1S/C17H17N3O2/c1-2-3-4-10-14(16(18)21)20-17(22)13-9-5-7-12-8-6-11-19-15(12)13/h1,5-9,11,14H,3-4,10H2,(H2,18,21)(H,20,22)/t14-/m1/s1. The molecule has 2 rings (SSSR count). The molecule has 1 aromatic carbocycles. The Morgan fingerprint density at radius 3 is 2.82 bits per heavy atom. The highest BCUT2D eigenvalue weighted by Gasteiger charge is 2.19. The number of aromatic nitrogens is 1. The highest BCUT2D eigenvalue weighted by molar-refractivity contribution is 6.06. The molecule has 1 aromatic heterocycles. The van der Waals surface area contributed by atoms with Gasteiger partial charge in [-0.2, -0.15) is 0 Å². The maximum absolute atomic E-state index is 12.4. The molecule has 0 radical (unpaired) electrons. The fraction of sp³-hybridized carbons (Fsp3) is 0.235. The Morgan fingerprint density at radius 1 is 1.32 bits per heavy atom. The van der Waals surface area contributed by atoms with E-state index in [1.807, 2.05) is 12.1 Å². The second kappa shape index (κ2) is 7.23. The van der Waals surface area contributed by atoms with Gasteiger partial charge in [0.1, 0.15) is 6.04 Å². The van der Waals surface area contributed by atoms with Crippen molar-refractivity contribution in [2.75, 3.05) is 0 Å². The Morgan fingerprint density at radius 2 is 2.09 bits per heavy atom. The van der Waals surface area contributed by atoms with Crippen molar-refractivity contribution in [3.63, 3.8) is 0 Å². The van der Waals surface area contributed by atoms with Crippen molar-refractivity contribution in [2.24, 2.45) is 5.73 Å². The second-order valence-corrected chi connectivity index (χ2v) is 4.91. The number of primary amides is 1. The molecule has 0 aliphatic carbocycles. The van der Waals surface area contributed by atoms with Crippen LogP contribution in [-0.4, -0.2) is 22.8 Å². The van der Waals surface area contributed by atoms with Gasteiger partial charge in [-0.25, -0.2) is 0 Å². The molecule has 0 bridgehead atoms. The number of nitrogens with zero attached hydrogens (tertiary/aromatic N) is 1. The van der Waals surface area contributed by atoms with E-state index in [4.69, 9.17) is 12.2 Å². The smallest absolute Gasteiger partial charge is 0.254 e.